The van der Waals surface area contributed by atoms with Crippen molar-refractivity contribution >= 4 is 84.3 Å². The number of anilines is 2. The van der Waals surface area contributed by atoms with E-state index in [2.05, 4.69) is 97.7 Å². The summed E-state index contributed by atoms with van der Waals surface area (Å²) in [5.41, 5.74) is 13.7. The van der Waals surface area contributed by atoms with E-state index >= 15 is 0 Å². The van der Waals surface area contributed by atoms with E-state index in [4.69, 9.17) is 45.5 Å². The average molecular weight is 798 g/mol. The molecule has 5 aromatic rings. The molecule has 0 saturated carbocycles. The van der Waals surface area contributed by atoms with Crippen LogP contribution in [0.2, 0.25) is 10.3 Å². The number of pyridine rings is 2. The molecule has 0 bridgehead atoms. The van der Waals surface area contributed by atoms with Gasteiger partial charge in [0.1, 0.15) is 11.3 Å². The van der Waals surface area contributed by atoms with Crippen molar-refractivity contribution in [1.82, 2.24) is 39.1 Å². The number of nitrogens with one attached hydrogen (secondary N) is 1. The number of nitrogen functional groups attached to an aromatic ring is 1. The minimum atomic E-state index is -0.273. The fraction of sp³-hybridized carbons (Fsp3) is 0.500. The second kappa shape index (κ2) is 19.5. The van der Waals surface area contributed by atoms with E-state index in [0.29, 0.717) is 22.4 Å². The Balaban J connectivity index is 0.000000186. The lowest BCUT2D eigenvalue weighted by molar-refractivity contribution is -0.111. The lowest BCUT2D eigenvalue weighted by atomic mass is 10.1. The number of nitrogens with two attached hydrogens (primary N) is 1. The molecule has 292 valence electrons. The van der Waals surface area contributed by atoms with E-state index in [1.54, 1.807) is 6.92 Å². The van der Waals surface area contributed by atoms with Gasteiger partial charge < -0.3 is 25.4 Å². The second-order valence-corrected chi connectivity index (χ2v) is 15.4. The molecule has 3 aromatic heterocycles. The lowest BCUT2D eigenvalue weighted by Crippen LogP contribution is -2.45. The molecule has 11 nitrogen and oxygen atoms in total. The maximum absolute atomic E-state index is 9.58. The van der Waals surface area contributed by atoms with Gasteiger partial charge in [-0.1, -0.05) is 61.3 Å². The molecular formula is C40H55Cl3N10O. The molecule has 7 rings (SSSR count). The minimum absolute atomic E-state index is 0.273. The third-order valence-corrected chi connectivity index (χ3v) is 11.0. The summed E-state index contributed by atoms with van der Waals surface area (Å²) < 4.78 is 2.36. The first-order valence-corrected chi connectivity index (χ1v) is 20.1. The van der Waals surface area contributed by atoms with Crippen LogP contribution in [0.3, 0.4) is 0 Å². The number of halogens is 3. The van der Waals surface area contributed by atoms with E-state index in [1.165, 1.54) is 5.56 Å². The van der Waals surface area contributed by atoms with Gasteiger partial charge in [-0.2, -0.15) is 0 Å². The van der Waals surface area contributed by atoms with Gasteiger partial charge in [0.05, 0.1) is 27.9 Å². The number of carbonyl (C=O) groups is 1. The number of hydrogen-bond donors (Lipinski definition) is 2. The molecule has 0 unspecified atom stereocenters. The standard InChI is InChI=1S/C20H26ClN5.C17H24ClN5.C3H5ClO/c1-4-17-23-18-19(15-6-5-14(2)13-16(15)22-20(18)21)26(17)12-11-25-9-7-24(3)8-10-25;1-12-3-4-13-14(11-12)21-17(18)15(19)16(13)20-5-6-23-9-7-22(2)8-10-23;1-2-3(4)5/h5-6,13H,4,7-12H2,1-3H3;3-4,11H,5-10,19H2,1-2H3,(H,20,21);2H2,1H3. The molecule has 14 heteroatoms. The number of imidazole rings is 1. The predicted octanol–water partition coefficient (Wildman–Crippen LogP) is 6.96. The zero-order valence-electron chi connectivity index (χ0n) is 32.6. The van der Waals surface area contributed by atoms with Crippen molar-refractivity contribution in [3.63, 3.8) is 0 Å². The molecule has 3 N–H and O–H groups in total. The van der Waals surface area contributed by atoms with Crippen LogP contribution in [0.5, 0.6) is 0 Å². The summed E-state index contributed by atoms with van der Waals surface area (Å²) in [7, 11) is 4.36. The van der Waals surface area contributed by atoms with Gasteiger partial charge in [-0.15, -0.1) is 0 Å². The number of benzene rings is 2. The van der Waals surface area contributed by atoms with Gasteiger partial charge in [0.2, 0.25) is 5.24 Å². The van der Waals surface area contributed by atoms with Gasteiger partial charge in [-0.05, 0) is 62.8 Å². The zero-order valence-corrected chi connectivity index (χ0v) is 34.8. The number of likely N-dealkylation sites (N-methyl/N-ethyl adjacent to an activating group) is 2. The van der Waals surface area contributed by atoms with Crippen molar-refractivity contribution in [2.24, 2.45) is 0 Å². The van der Waals surface area contributed by atoms with Crippen LogP contribution in [-0.4, -0.2) is 130 Å². The second-order valence-electron chi connectivity index (χ2n) is 14.3. The number of carbonyl (C=O) groups excluding carboxylic acids is 1. The third kappa shape index (κ3) is 10.7. The Morgan fingerprint density at radius 3 is 1.83 bits per heavy atom. The Bertz CT molecular complexity index is 2040. The van der Waals surface area contributed by atoms with Crippen molar-refractivity contribution < 1.29 is 4.79 Å². The minimum Gasteiger partial charge on any atom is -0.395 e. The number of aromatic nitrogens is 4. The highest BCUT2D eigenvalue weighted by atomic mass is 35.5. The fourth-order valence-corrected chi connectivity index (χ4v) is 7.20. The SMILES string of the molecule is CCC(=O)Cl.CCc1nc2c(Cl)nc3cc(C)ccc3c2n1CCN1CCN(C)CC1.Cc1ccc2c(NCCN3CCN(C)CC3)c(N)c(Cl)nc2c1. The van der Waals surface area contributed by atoms with Crippen molar-refractivity contribution in [1.29, 1.82) is 0 Å². The van der Waals surface area contributed by atoms with Crippen LogP contribution in [0.4, 0.5) is 11.4 Å². The first kappa shape index (κ1) is 41.9. The zero-order chi connectivity index (χ0) is 38.9. The number of aryl methyl sites for hydroxylation is 3. The van der Waals surface area contributed by atoms with Crippen molar-refractivity contribution in [2.75, 3.05) is 97.1 Å². The maximum Gasteiger partial charge on any atom is 0.221 e. The van der Waals surface area contributed by atoms with Crippen LogP contribution < -0.4 is 11.1 Å². The number of nitrogens with zero attached hydrogens (tertiary/aromatic N) is 8. The summed E-state index contributed by atoms with van der Waals surface area (Å²) >= 11 is 17.5. The van der Waals surface area contributed by atoms with Crippen molar-refractivity contribution in [3.05, 3.63) is 63.7 Å². The summed E-state index contributed by atoms with van der Waals surface area (Å²) in [5, 5.41) is 6.23. The molecule has 2 aromatic carbocycles. The first-order valence-electron chi connectivity index (χ1n) is 18.9. The summed E-state index contributed by atoms with van der Waals surface area (Å²) in [6.45, 7) is 20.9. The van der Waals surface area contributed by atoms with Crippen LogP contribution in [0.25, 0.3) is 32.8 Å². The van der Waals surface area contributed by atoms with Crippen LogP contribution >= 0.6 is 34.8 Å². The topological polar surface area (TPSA) is 112 Å². The molecular weight excluding hydrogens is 743 g/mol. The van der Waals surface area contributed by atoms with Gasteiger partial charge in [-0.25, -0.2) is 15.0 Å². The molecule has 0 aliphatic carbocycles. The Hall–Kier alpha value is -3.29. The summed E-state index contributed by atoms with van der Waals surface area (Å²) in [6.07, 6.45) is 1.32. The van der Waals surface area contributed by atoms with E-state index < -0.39 is 0 Å². The van der Waals surface area contributed by atoms with Crippen LogP contribution in [0.1, 0.15) is 37.2 Å². The van der Waals surface area contributed by atoms with Gasteiger partial charge in [0.15, 0.2) is 10.3 Å². The Kier molecular flexibility index (Phi) is 15.1. The van der Waals surface area contributed by atoms with Crippen LogP contribution in [0.15, 0.2) is 36.4 Å². The average Bonchev–Trinajstić information content (AvgIpc) is 3.53. The number of fused-ring (bicyclic) bond motifs is 4. The monoisotopic (exact) mass is 796 g/mol. The largest absolute Gasteiger partial charge is 0.395 e. The van der Waals surface area contributed by atoms with Gasteiger partial charge in [0.25, 0.3) is 0 Å². The fourth-order valence-electron chi connectivity index (χ4n) is 6.79. The highest BCUT2D eigenvalue weighted by Crippen LogP contribution is 2.34. The lowest BCUT2D eigenvalue weighted by Gasteiger charge is -2.32. The predicted molar refractivity (Wildman–Crippen MR) is 228 cm³/mol. The molecule has 0 amide bonds. The summed E-state index contributed by atoms with van der Waals surface area (Å²) in [6, 6.07) is 12.6. The van der Waals surface area contributed by atoms with E-state index in [0.717, 1.165) is 135 Å². The van der Waals surface area contributed by atoms with Gasteiger partial charge in [-0.3, -0.25) is 14.6 Å². The van der Waals surface area contributed by atoms with Gasteiger partial charge >= 0.3 is 0 Å². The molecule has 2 aliphatic heterocycles. The van der Waals surface area contributed by atoms with Crippen molar-refractivity contribution in [3.8, 4) is 0 Å². The Morgan fingerprint density at radius 1 is 0.759 bits per heavy atom. The van der Waals surface area contributed by atoms with E-state index in [-0.39, 0.29) is 5.24 Å². The molecule has 0 spiro atoms. The normalized spacial score (nSPS) is 15.9. The van der Waals surface area contributed by atoms with Crippen LogP contribution in [0, 0.1) is 13.8 Å². The maximum atomic E-state index is 9.58. The Labute approximate surface area is 334 Å². The molecule has 2 aliphatic rings. The number of hydrogen-bond acceptors (Lipinski definition) is 10. The van der Waals surface area contributed by atoms with Gasteiger partial charge in [0, 0.05) is 102 Å². The van der Waals surface area contributed by atoms with E-state index in [9.17, 15) is 4.79 Å². The number of piperazine rings is 2. The number of rotatable bonds is 9. The summed E-state index contributed by atoms with van der Waals surface area (Å²) in [5.74, 6) is 1.09. The first-order chi connectivity index (χ1) is 25.9. The summed E-state index contributed by atoms with van der Waals surface area (Å²) in [4.78, 5) is 33.1. The van der Waals surface area contributed by atoms with Crippen molar-refractivity contribution in [2.45, 2.75) is 47.1 Å². The molecule has 0 atom stereocenters. The highest BCUT2D eigenvalue weighted by Gasteiger charge is 2.20. The molecule has 54 heavy (non-hydrogen) atoms. The van der Waals surface area contributed by atoms with Crippen LogP contribution in [-0.2, 0) is 17.8 Å². The highest BCUT2D eigenvalue weighted by molar-refractivity contribution is 6.63. The van der Waals surface area contributed by atoms with E-state index in [1.807, 2.05) is 13.0 Å². The Morgan fingerprint density at radius 2 is 1.28 bits per heavy atom. The smallest absolute Gasteiger partial charge is 0.221 e. The molecule has 5 heterocycles. The molecule has 0 radical (unpaired) electrons. The molecule has 2 fully saturated rings. The third-order valence-electron chi connectivity index (χ3n) is 10.2. The molecule has 2 saturated heterocycles. The quantitative estimate of drug-likeness (QED) is 0.120.